The number of carbonyl (C=O) groups excluding carboxylic acids is 2. The molecule has 166 valence electrons. The summed E-state index contributed by atoms with van der Waals surface area (Å²) in [6.07, 6.45) is 11.5. The summed E-state index contributed by atoms with van der Waals surface area (Å²) < 4.78 is 5.56. The number of hydrazone groups is 1. The Labute approximate surface area is 180 Å². The lowest BCUT2D eigenvalue weighted by Gasteiger charge is -2.58. The van der Waals surface area contributed by atoms with Gasteiger partial charge in [0, 0.05) is 25.0 Å². The number of nitrogens with one attached hydrogen (secondary N) is 1. The van der Waals surface area contributed by atoms with Crippen molar-refractivity contribution in [2.45, 2.75) is 85.2 Å². The zero-order valence-corrected chi connectivity index (χ0v) is 18.9. The van der Waals surface area contributed by atoms with E-state index < -0.39 is 6.03 Å². The van der Waals surface area contributed by atoms with Gasteiger partial charge in [0.25, 0.3) is 0 Å². The van der Waals surface area contributed by atoms with Gasteiger partial charge in [0.1, 0.15) is 6.10 Å². The minimum atomic E-state index is -0.597. The highest BCUT2D eigenvalue weighted by atomic mass is 16.5. The van der Waals surface area contributed by atoms with Gasteiger partial charge in [-0.15, -0.1) is 0 Å². The largest absolute Gasteiger partial charge is 0.462 e. The lowest BCUT2D eigenvalue weighted by Crippen LogP contribution is -2.51. The van der Waals surface area contributed by atoms with Crippen LogP contribution in [-0.4, -0.2) is 23.8 Å². The fourth-order valence-electron chi connectivity index (χ4n) is 7.87. The maximum absolute atomic E-state index is 11.4. The third-order valence-corrected chi connectivity index (χ3v) is 9.24. The summed E-state index contributed by atoms with van der Waals surface area (Å²) in [5.74, 6) is 2.37. The second-order valence-corrected chi connectivity index (χ2v) is 10.6. The van der Waals surface area contributed by atoms with E-state index in [0.717, 1.165) is 37.8 Å². The molecule has 0 aromatic rings. The van der Waals surface area contributed by atoms with Crippen molar-refractivity contribution in [2.75, 3.05) is 0 Å². The number of ether oxygens (including phenoxy) is 1. The van der Waals surface area contributed by atoms with Crippen molar-refractivity contribution in [3.8, 4) is 0 Å². The number of primary amides is 1. The SMILES string of the molecule is CC(=O)O[C@@H]1CC[C@@]2(C)C(=CC[C@@H]3[C@H]4CC[C@@H](/C(C)=N/NC(N)=O)[C@@]4(C)CC[C@H]32)C1. The average molecular weight is 416 g/mol. The Morgan fingerprint density at radius 1 is 1.13 bits per heavy atom. The van der Waals surface area contributed by atoms with E-state index in [1.807, 2.05) is 6.92 Å². The van der Waals surface area contributed by atoms with Crippen molar-refractivity contribution >= 4 is 17.7 Å². The average Bonchev–Trinajstić information content (AvgIpc) is 3.03. The second kappa shape index (κ2) is 7.69. The van der Waals surface area contributed by atoms with Crippen LogP contribution in [0.15, 0.2) is 16.8 Å². The summed E-state index contributed by atoms with van der Waals surface area (Å²) in [5, 5.41) is 4.30. The second-order valence-electron chi connectivity index (χ2n) is 10.6. The van der Waals surface area contributed by atoms with Crippen LogP contribution in [0.4, 0.5) is 4.79 Å². The Hall–Kier alpha value is -1.85. The number of fused-ring (bicyclic) bond motifs is 5. The highest BCUT2D eigenvalue weighted by molar-refractivity contribution is 5.86. The van der Waals surface area contributed by atoms with Crippen molar-refractivity contribution in [3.05, 3.63) is 11.6 Å². The third kappa shape index (κ3) is 3.46. The van der Waals surface area contributed by atoms with E-state index in [1.165, 1.54) is 31.8 Å². The first-order valence-electron chi connectivity index (χ1n) is 11.6. The predicted octanol–water partition coefficient (Wildman–Crippen LogP) is 4.54. The molecule has 0 aromatic heterocycles. The molecule has 6 nitrogen and oxygen atoms in total. The first-order valence-corrected chi connectivity index (χ1v) is 11.6. The molecule has 0 aromatic carbocycles. The van der Waals surface area contributed by atoms with Crippen LogP contribution >= 0.6 is 0 Å². The fourth-order valence-corrected chi connectivity index (χ4v) is 7.87. The van der Waals surface area contributed by atoms with E-state index in [1.54, 1.807) is 0 Å². The monoisotopic (exact) mass is 415 g/mol. The number of amides is 2. The minimum absolute atomic E-state index is 0.0553. The lowest BCUT2D eigenvalue weighted by molar-refractivity contribution is -0.148. The molecule has 7 atom stereocenters. The maximum Gasteiger partial charge on any atom is 0.332 e. The molecule has 4 aliphatic rings. The summed E-state index contributed by atoms with van der Waals surface area (Å²) in [7, 11) is 0. The quantitative estimate of drug-likeness (QED) is 0.307. The Balaban J connectivity index is 1.54. The molecule has 4 aliphatic carbocycles. The molecule has 6 heteroatoms. The number of urea groups is 1. The van der Waals surface area contributed by atoms with Gasteiger partial charge in [0.05, 0.1) is 0 Å². The molecule has 3 fully saturated rings. The summed E-state index contributed by atoms with van der Waals surface area (Å²) in [4.78, 5) is 22.5. The van der Waals surface area contributed by atoms with E-state index >= 15 is 0 Å². The zero-order valence-electron chi connectivity index (χ0n) is 18.9. The molecule has 0 unspecified atom stereocenters. The molecule has 0 spiro atoms. The van der Waals surface area contributed by atoms with Crippen molar-refractivity contribution in [1.82, 2.24) is 5.43 Å². The number of carbonyl (C=O) groups is 2. The van der Waals surface area contributed by atoms with E-state index in [0.29, 0.717) is 23.7 Å². The summed E-state index contributed by atoms with van der Waals surface area (Å²) in [6.45, 7) is 8.48. The van der Waals surface area contributed by atoms with Crippen molar-refractivity contribution in [1.29, 1.82) is 0 Å². The molecule has 3 N–H and O–H groups in total. The van der Waals surface area contributed by atoms with Gasteiger partial charge in [-0.05, 0) is 80.5 Å². The van der Waals surface area contributed by atoms with Crippen LogP contribution in [0.1, 0.15) is 79.1 Å². The zero-order chi connectivity index (χ0) is 21.7. The van der Waals surface area contributed by atoms with Crippen LogP contribution in [0.2, 0.25) is 0 Å². The standard InChI is InChI=1S/C24H37N3O3/c1-14(26-27-22(25)29)19-7-8-20-18-6-5-16-13-17(30-15(2)28)9-11-23(16,3)21(18)10-12-24(19,20)4/h5,17-21H,6-13H2,1-4H3,(H3,25,27,29)/b26-14+/t17-,18-,19+,20-,21-,23+,24-/m1/s1. The lowest BCUT2D eigenvalue weighted by atomic mass is 9.47. The van der Waals surface area contributed by atoms with Gasteiger partial charge in [-0.1, -0.05) is 25.5 Å². The van der Waals surface area contributed by atoms with Crippen molar-refractivity contribution in [2.24, 2.45) is 45.3 Å². The van der Waals surface area contributed by atoms with Crippen molar-refractivity contribution < 1.29 is 14.3 Å². The van der Waals surface area contributed by atoms with E-state index in [2.05, 4.69) is 30.5 Å². The summed E-state index contributed by atoms with van der Waals surface area (Å²) in [6, 6.07) is -0.597. The molecular formula is C24H37N3O3. The number of nitrogens with two attached hydrogens (primary N) is 1. The molecule has 0 radical (unpaired) electrons. The highest BCUT2D eigenvalue weighted by Crippen LogP contribution is 2.66. The van der Waals surface area contributed by atoms with Gasteiger partial charge < -0.3 is 10.5 Å². The van der Waals surface area contributed by atoms with Gasteiger partial charge in [0.2, 0.25) is 0 Å². The van der Waals surface area contributed by atoms with E-state index in [9.17, 15) is 9.59 Å². The number of nitrogens with zero attached hydrogens (tertiary/aromatic N) is 1. The fraction of sp³-hybridized carbons (Fsp3) is 0.792. The summed E-state index contributed by atoms with van der Waals surface area (Å²) in [5.41, 5.74) is 10.7. The Morgan fingerprint density at radius 2 is 1.90 bits per heavy atom. The molecule has 30 heavy (non-hydrogen) atoms. The van der Waals surface area contributed by atoms with Gasteiger partial charge in [-0.25, -0.2) is 10.2 Å². The van der Waals surface area contributed by atoms with Gasteiger partial charge in [0.15, 0.2) is 0 Å². The number of allylic oxidation sites excluding steroid dienone is 1. The molecule has 0 bridgehead atoms. The first kappa shape index (κ1) is 21.4. The smallest absolute Gasteiger partial charge is 0.332 e. The van der Waals surface area contributed by atoms with Crippen LogP contribution in [0.3, 0.4) is 0 Å². The molecule has 4 rings (SSSR count). The number of hydrogen-bond donors (Lipinski definition) is 2. The number of hydrogen-bond acceptors (Lipinski definition) is 4. The highest BCUT2D eigenvalue weighted by Gasteiger charge is 2.59. The Kier molecular flexibility index (Phi) is 5.48. The molecule has 0 saturated heterocycles. The third-order valence-electron chi connectivity index (χ3n) is 9.24. The normalized spacial score (nSPS) is 43.0. The topological polar surface area (TPSA) is 93.8 Å². The number of rotatable bonds is 3. The number of esters is 1. The van der Waals surface area contributed by atoms with Gasteiger partial charge >= 0.3 is 12.0 Å². The molecule has 0 heterocycles. The van der Waals surface area contributed by atoms with Crippen LogP contribution in [0.25, 0.3) is 0 Å². The minimum Gasteiger partial charge on any atom is -0.462 e. The van der Waals surface area contributed by atoms with E-state index in [-0.39, 0.29) is 22.9 Å². The summed E-state index contributed by atoms with van der Waals surface area (Å²) >= 11 is 0. The van der Waals surface area contributed by atoms with Gasteiger partial charge in [-0.2, -0.15) is 5.10 Å². The van der Waals surface area contributed by atoms with Crippen LogP contribution in [0.5, 0.6) is 0 Å². The van der Waals surface area contributed by atoms with Crippen LogP contribution < -0.4 is 11.2 Å². The molecule has 2 amide bonds. The first-order chi connectivity index (χ1) is 14.1. The van der Waals surface area contributed by atoms with Crippen LogP contribution in [-0.2, 0) is 9.53 Å². The van der Waals surface area contributed by atoms with Crippen LogP contribution in [0, 0.1) is 34.5 Å². The molecular weight excluding hydrogens is 378 g/mol. The molecule has 3 saturated carbocycles. The Morgan fingerprint density at radius 3 is 2.60 bits per heavy atom. The van der Waals surface area contributed by atoms with E-state index in [4.69, 9.17) is 10.5 Å². The maximum atomic E-state index is 11.4. The molecule has 0 aliphatic heterocycles. The van der Waals surface area contributed by atoms with Gasteiger partial charge in [-0.3, -0.25) is 4.79 Å². The van der Waals surface area contributed by atoms with Crippen molar-refractivity contribution in [3.63, 3.8) is 0 Å². The Bertz CT molecular complexity index is 791. The predicted molar refractivity (Wildman–Crippen MR) is 117 cm³/mol.